The summed E-state index contributed by atoms with van der Waals surface area (Å²) in [4.78, 5) is 11.3. The van der Waals surface area contributed by atoms with Gasteiger partial charge >= 0.3 is 0 Å². The molecule has 5 nitrogen and oxygen atoms in total. The van der Waals surface area contributed by atoms with E-state index in [1.165, 1.54) is 37.9 Å². The fourth-order valence-corrected chi connectivity index (χ4v) is 3.51. The third kappa shape index (κ3) is 2.91. The molecule has 0 bridgehead atoms. The highest BCUT2D eigenvalue weighted by Crippen LogP contribution is 2.26. The molecule has 0 N–H and O–H groups in total. The number of benzene rings is 1. The van der Waals surface area contributed by atoms with E-state index in [1.807, 2.05) is 19.3 Å². The number of nitrogens with zero attached hydrogens (tertiary/aromatic N) is 5. The summed E-state index contributed by atoms with van der Waals surface area (Å²) in [6.45, 7) is 6.63. The van der Waals surface area contributed by atoms with Crippen LogP contribution in [0.25, 0.3) is 16.9 Å². The number of aryl methyl sites for hydroxylation is 1. The Labute approximate surface area is 142 Å². The molecule has 4 rings (SSSR count). The molecule has 1 aromatic carbocycles. The Kier molecular flexibility index (Phi) is 4.02. The molecule has 124 valence electrons. The lowest BCUT2D eigenvalue weighted by atomic mass is 10.0. The first kappa shape index (κ1) is 15.3. The number of aromatic nitrogens is 4. The molecule has 3 aromatic rings. The molecule has 0 amide bonds. The number of hydrogen-bond acceptors (Lipinski definition) is 4. The monoisotopic (exact) mass is 321 g/mol. The van der Waals surface area contributed by atoms with Crippen LogP contribution in [0.15, 0.2) is 36.7 Å². The smallest absolute Gasteiger partial charge is 0.252 e. The minimum absolute atomic E-state index is 0.484. The molecule has 1 unspecified atom stereocenters. The zero-order valence-corrected chi connectivity index (χ0v) is 14.3. The van der Waals surface area contributed by atoms with E-state index in [0.717, 1.165) is 17.0 Å². The average molecular weight is 321 g/mol. The molecule has 1 saturated heterocycles. The summed E-state index contributed by atoms with van der Waals surface area (Å²) in [6.07, 6.45) is 7.88. The molecular formula is C19H23N5. The van der Waals surface area contributed by atoms with Crippen molar-refractivity contribution in [3.8, 4) is 11.1 Å². The van der Waals surface area contributed by atoms with Crippen LogP contribution in [0.4, 0.5) is 0 Å². The lowest BCUT2D eigenvalue weighted by Gasteiger charge is -2.32. The molecular weight excluding hydrogens is 298 g/mol. The summed E-state index contributed by atoms with van der Waals surface area (Å²) in [5.74, 6) is 1.39. The molecule has 3 heterocycles. The van der Waals surface area contributed by atoms with Gasteiger partial charge in [-0.3, -0.25) is 4.90 Å². The zero-order chi connectivity index (χ0) is 16.5. The first-order chi connectivity index (χ1) is 11.7. The van der Waals surface area contributed by atoms with Crippen molar-refractivity contribution in [1.82, 2.24) is 24.5 Å². The Morgan fingerprint density at radius 1 is 1.00 bits per heavy atom. The van der Waals surface area contributed by atoms with Gasteiger partial charge in [0.1, 0.15) is 5.82 Å². The van der Waals surface area contributed by atoms with Gasteiger partial charge < -0.3 is 0 Å². The Hall–Kier alpha value is -2.27. The van der Waals surface area contributed by atoms with E-state index in [-0.39, 0.29) is 0 Å². The van der Waals surface area contributed by atoms with Gasteiger partial charge in [-0.05, 0) is 50.9 Å². The Morgan fingerprint density at radius 3 is 2.50 bits per heavy atom. The van der Waals surface area contributed by atoms with Crippen LogP contribution in [-0.4, -0.2) is 37.6 Å². The van der Waals surface area contributed by atoms with Crippen molar-refractivity contribution in [3.05, 3.63) is 48.0 Å². The van der Waals surface area contributed by atoms with Crippen molar-refractivity contribution in [2.45, 2.75) is 39.2 Å². The number of rotatable bonds is 3. The van der Waals surface area contributed by atoms with Crippen LogP contribution in [0.5, 0.6) is 0 Å². The summed E-state index contributed by atoms with van der Waals surface area (Å²) in [7, 11) is 0. The summed E-state index contributed by atoms with van der Waals surface area (Å²) >= 11 is 0. The fourth-order valence-electron chi connectivity index (χ4n) is 3.51. The Morgan fingerprint density at radius 2 is 1.75 bits per heavy atom. The third-order valence-electron chi connectivity index (χ3n) is 4.96. The third-order valence-corrected chi connectivity index (χ3v) is 4.96. The summed E-state index contributed by atoms with van der Waals surface area (Å²) in [5, 5.41) is 4.34. The van der Waals surface area contributed by atoms with Crippen molar-refractivity contribution in [3.63, 3.8) is 0 Å². The summed E-state index contributed by atoms with van der Waals surface area (Å²) < 4.78 is 1.74. The lowest BCUT2D eigenvalue weighted by molar-refractivity contribution is 0.175. The van der Waals surface area contributed by atoms with Gasteiger partial charge in [0.05, 0.1) is 0 Å². The van der Waals surface area contributed by atoms with Gasteiger partial charge in [-0.25, -0.2) is 9.50 Å². The highest BCUT2D eigenvalue weighted by atomic mass is 15.3. The topological polar surface area (TPSA) is 46.3 Å². The molecule has 1 fully saturated rings. The van der Waals surface area contributed by atoms with E-state index >= 15 is 0 Å². The highest BCUT2D eigenvalue weighted by Gasteiger charge is 2.18. The molecule has 0 radical (unpaired) electrons. The normalized spacial score (nSPS) is 17.2. The van der Waals surface area contributed by atoms with E-state index in [1.54, 1.807) is 4.52 Å². The van der Waals surface area contributed by atoms with Crippen molar-refractivity contribution >= 4 is 5.78 Å². The number of piperidine rings is 1. The molecule has 0 saturated carbocycles. The largest absolute Gasteiger partial charge is 0.297 e. The Balaban J connectivity index is 1.57. The van der Waals surface area contributed by atoms with E-state index in [4.69, 9.17) is 0 Å². The molecule has 0 aliphatic carbocycles. The molecule has 5 heteroatoms. The van der Waals surface area contributed by atoms with Crippen LogP contribution in [0.2, 0.25) is 0 Å². The second-order valence-electron chi connectivity index (χ2n) is 6.64. The zero-order valence-electron chi connectivity index (χ0n) is 14.3. The number of hydrogen-bond donors (Lipinski definition) is 0. The molecule has 1 aliphatic rings. The van der Waals surface area contributed by atoms with Crippen LogP contribution in [-0.2, 0) is 0 Å². The van der Waals surface area contributed by atoms with Gasteiger partial charge in [0.15, 0.2) is 0 Å². The Bertz CT molecular complexity index is 831. The lowest BCUT2D eigenvalue weighted by Crippen LogP contribution is -2.32. The van der Waals surface area contributed by atoms with Crippen molar-refractivity contribution in [2.24, 2.45) is 0 Å². The van der Waals surface area contributed by atoms with Crippen LogP contribution < -0.4 is 0 Å². The maximum Gasteiger partial charge on any atom is 0.252 e. The number of fused-ring (bicyclic) bond motifs is 1. The quantitative estimate of drug-likeness (QED) is 0.739. The SMILES string of the molecule is Cc1nc2ncc(-c3ccc(C(C)N4CCCCC4)cc3)cn2n1. The van der Waals surface area contributed by atoms with E-state index in [0.29, 0.717) is 11.8 Å². The molecule has 1 atom stereocenters. The van der Waals surface area contributed by atoms with Crippen molar-refractivity contribution in [2.75, 3.05) is 13.1 Å². The van der Waals surface area contributed by atoms with E-state index in [9.17, 15) is 0 Å². The van der Waals surface area contributed by atoms with Gasteiger partial charge in [0.25, 0.3) is 5.78 Å². The van der Waals surface area contributed by atoms with Crippen molar-refractivity contribution < 1.29 is 0 Å². The van der Waals surface area contributed by atoms with Crippen LogP contribution in [0.3, 0.4) is 0 Å². The predicted octanol–water partition coefficient (Wildman–Crippen LogP) is 3.65. The summed E-state index contributed by atoms with van der Waals surface area (Å²) in [6, 6.07) is 9.33. The second kappa shape index (κ2) is 6.32. The maximum absolute atomic E-state index is 4.39. The first-order valence-corrected chi connectivity index (χ1v) is 8.74. The molecule has 1 aliphatic heterocycles. The second-order valence-corrected chi connectivity index (χ2v) is 6.64. The van der Waals surface area contributed by atoms with E-state index in [2.05, 4.69) is 51.2 Å². The van der Waals surface area contributed by atoms with Crippen LogP contribution in [0, 0.1) is 6.92 Å². The summed E-state index contributed by atoms with van der Waals surface area (Å²) in [5.41, 5.74) is 3.60. The van der Waals surface area contributed by atoms with Crippen molar-refractivity contribution in [1.29, 1.82) is 0 Å². The maximum atomic E-state index is 4.39. The van der Waals surface area contributed by atoms with Gasteiger partial charge in [-0.15, -0.1) is 0 Å². The van der Waals surface area contributed by atoms with Gasteiger partial charge in [-0.1, -0.05) is 30.7 Å². The number of likely N-dealkylation sites (tertiary alicyclic amines) is 1. The van der Waals surface area contributed by atoms with Gasteiger partial charge in [-0.2, -0.15) is 10.1 Å². The molecule has 0 spiro atoms. The van der Waals surface area contributed by atoms with Gasteiger partial charge in [0, 0.05) is 24.0 Å². The molecule has 24 heavy (non-hydrogen) atoms. The minimum atomic E-state index is 0.484. The minimum Gasteiger partial charge on any atom is -0.297 e. The van der Waals surface area contributed by atoms with E-state index < -0.39 is 0 Å². The van der Waals surface area contributed by atoms with Gasteiger partial charge in [0.2, 0.25) is 0 Å². The highest BCUT2D eigenvalue weighted by molar-refractivity contribution is 5.62. The van der Waals surface area contributed by atoms with Crippen LogP contribution >= 0.6 is 0 Å². The predicted molar refractivity (Wildman–Crippen MR) is 94.8 cm³/mol. The van der Waals surface area contributed by atoms with Crippen LogP contribution in [0.1, 0.15) is 43.6 Å². The molecule has 2 aromatic heterocycles. The first-order valence-electron chi connectivity index (χ1n) is 8.74. The standard InChI is InChI=1S/C19H23N5/c1-14(23-10-4-3-5-11-23)16-6-8-17(9-7-16)18-12-20-19-21-15(2)22-24(19)13-18/h6-9,12-14H,3-5,10-11H2,1-2H3. The fraction of sp³-hybridized carbons (Fsp3) is 0.421. The average Bonchev–Trinajstić information content (AvgIpc) is 3.01.